The molecule has 1 aromatic heterocycles. The third-order valence-corrected chi connectivity index (χ3v) is 13.2. The summed E-state index contributed by atoms with van der Waals surface area (Å²) in [6, 6.07) is 60.2. The average Bonchev–Trinajstić information content (AvgIpc) is 3.82. The van der Waals surface area contributed by atoms with Crippen molar-refractivity contribution in [1.29, 1.82) is 0 Å². The number of fused-ring (bicyclic) bond motifs is 17. The zero-order chi connectivity index (χ0) is 34.6. The molecule has 0 aliphatic heterocycles. The summed E-state index contributed by atoms with van der Waals surface area (Å²) >= 11 is 1.83. The van der Waals surface area contributed by atoms with Crippen LogP contribution in [0.2, 0.25) is 0 Å². The van der Waals surface area contributed by atoms with E-state index in [4.69, 9.17) is 0 Å². The second-order valence-electron chi connectivity index (χ2n) is 14.3. The van der Waals surface area contributed by atoms with E-state index in [-0.39, 0.29) is 0 Å². The SMILES string of the molecule is C=Cc1sc2cc(-c3cccc4c3C3(c5ccccc5-c5ccccc53)c3ccccc3C43c4ccccc4-c4ccccc43)ccc2c1/C=C\C. The smallest absolute Gasteiger partial charge is 0.0725 e. The van der Waals surface area contributed by atoms with Gasteiger partial charge < -0.3 is 0 Å². The fourth-order valence-electron chi connectivity index (χ4n) is 10.3. The molecule has 0 bridgehead atoms. The summed E-state index contributed by atoms with van der Waals surface area (Å²) in [5.41, 5.74) is 18.9. The van der Waals surface area contributed by atoms with E-state index >= 15 is 0 Å². The molecule has 11 rings (SSSR count). The summed E-state index contributed by atoms with van der Waals surface area (Å²) in [6.07, 6.45) is 6.35. The third kappa shape index (κ3) is 3.47. The van der Waals surface area contributed by atoms with Gasteiger partial charge in [0.15, 0.2) is 0 Å². The topological polar surface area (TPSA) is 0 Å². The van der Waals surface area contributed by atoms with Gasteiger partial charge in [-0.15, -0.1) is 11.3 Å². The van der Waals surface area contributed by atoms with Crippen LogP contribution < -0.4 is 0 Å². The summed E-state index contributed by atoms with van der Waals surface area (Å²) in [7, 11) is 0. The van der Waals surface area contributed by atoms with Crippen LogP contribution in [-0.4, -0.2) is 0 Å². The summed E-state index contributed by atoms with van der Waals surface area (Å²) < 4.78 is 1.28. The minimum Gasteiger partial charge on any atom is -0.135 e. The molecular formula is C51H34S. The van der Waals surface area contributed by atoms with Gasteiger partial charge in [0, 0.05) is 15.0 Å². The van der Waals surface area contributed by atoms with Crippen LogP contribution in [0.3, 0.4) is 0 Å². The van der Waals surface area contributed by atoms with Crippen molar-refractivity contribution in [3.8, 4) is 33.4 Å². The molecular weight excluding hydrogens is 645 g/mol. The van der Waals surface area contributed by atoms with Gasteiger partial charge in [-0.05, 0) is 96.4 Å². The van der Waals surface area contributed by atoms with Crippen LogP contribution >= 0.6 is 11.3 Å². The average molecular weight is 679 g/mol. The van der Waals surface area contributed by atoms with Gasteiger partial charge in [-0.3, -0.25) is 0 Å². The zero-order valence-corrected chi connectivity index (χ0v) is 29.7. The quantitative estimate of drug-likeness (QED) is 0.174. The maximum absolute atomic E-state index is 4.17. The van der Waals surface area contributed by atoms with Gasteiger partial charge >= 0.3 is 0 Å². The molecule has 0 unspecified atom stereocenters. The Balaban J connectivity index is 1.35. The van der Waals surface area contributed by atoms with Gasteiger partial charge in [-0.2, -0.15) is 0 Å². The van der Waals surface area contributed by atoms with E-state index < -0.39 is 10.8 Å². The first kappa shape index (κ1) is 29.7. The van der Waals surface area contributed by atoms with Crippen molar-refractivity contribution < 1.29 is 0 Å². The molecule has 3 aliphatic carbocycles. The third-order valence-electron chi connectivity index (χ3n) is 12.1. The summed E-state index contributed by atoms with van der Waals surface area (Å²) in [5, 5.41) is 1.28. The Labute approximate surface area is 308 Å². The molecule has 0 atom stereocenters. The van der Waals surface area contributed by atoms with Crippen LogP contribution in [0.4, 0.5) is 0 Å². The molecule has 1 heteroatoms. The number of rotatable bonds is 3. The Morgan fingerprint density at radius 3 is 1.48 bits per heavy atom. The number of hydrogen-bond acceptors (Lipinski definition) is 1. The molecule has 0 saturated carbocycles. The molecule has 3 aliphatic rings. The first-order valence-electron chi connectivity index (χ1n) is 18.2. The molecule has 0 nitrogen and oxygen atoms in total. The predicted molar refractivity (Wildman–Crippen MR) is 220 cm³/mol. The van der Waals surface area contributed by atoms with Crippen molar-refractivity contribution in [2.24, 2.45) is 0 Å². The van der Waals surface area contributed by atoms with Crippen molar-refractivity contribution in [2.45, 2.75) is 17.8 Å². The van der Waals surface area contributed by atoms with Crippen LogP contribution in [0, 0.1) is 0 Å². The number of benzene rings is 7. The lowest BCUT2D eigenvalue weighted by molar-refractivity contribution is 0.634. The van der Waals surface area contributed by atoms with E-state index in [0.717, 1.165) is 0 Å². The van der Waals surface area contributed by atoms with Crippen LogP contribution in [0.15, 0.2) is 170 Å². The normalized spacial score (nSPS) is 14.9. The summed E-state index contributed by atoms with van der Waals surface area (Å²) in [4.78, 5) is 1.21. The van der Waals surface area contributed by atoms with E-state index in [0.29, 0.717) is 0 Å². The maximum Gasteiger partial charge on any atom is 0.0725 e. The van der Waals surface area contributed by atoms with E-state index in [1.807, 2.05) is 17.4 Å². The van der Waals surface area contributed by atoms with Crippen LogP contribution in [-0.2, 0) is 10.8 Å². The van der Waals surface area contributed by atoms with E-state index in [2.05, 4.69) is 183 Å². The van der Waals surface area contributed by atoms with Gasteiger partial charge in [0.1, 0.15) is 0 Å². The van der Waals surface area contributed by atoms with E-state index in [9.17, 15) is 0 Å². The highest BCUT2D eigenvalue weighted by Gasteiger charge is 2.59. The molecule has 52 heavy (non-hydrogen) atoms. The summed E-state index contributed by atoms with van der Waals surface area (Å²) in [5.74, 6) is 0. The maximum atomic E-state index is 4.17. The van der Waals surface area contributed by atoms with E-state index in [1.54, 1.807) is 0 Å². The second-order valence-corrected chi connectivity index (χ2v) is 15.3. The Morgan fingerprint density at radius 1 is 0.481 bits per heavy atom. The number of allylic oxidation sites excluding steroid dienone is 1. The molecule has 8 aromatic rings. The Kier molecular flexibility index (Phi) is 6.13. The highest BCUT2D eigenvalue weighted by atomic mass is 32.1. The van der Waals surface area contributed by atoms with Crippen molar-refractivity contribution >= 4 is 33.6 Å². The van der Waals surface area contributed by atoms with Gasteiger partial charge in [0.2, 0.25) is 0 Å². The lowest BCUT2D eigenvalue weighted by Gasteiger charge is -2.49. The molecule has 7 aromatic carbocycles. The van der Waals surface area contributed by atoms with E-state index in [1.165, 1.54) is 98.4 Å². The lowest BCUT2D eigenvalue weighted by atomic mass is 9.51. The van der Waals surface area contributed by atoms with Gasteiger partial charge in [-0.25, -0.2) is 0 Å². The first-order valence-corrected chi connectivity index (χ1v) is 19.0. The minimum absolute atomic E-state index is 0.491. The van der Waals surface area contributed by atoms with Gasteiger partial charge in [0.05, 0.1) is 10.8 Å². The molecule has 0 radical (unpaired) electrons. The molecule has 244 valence electrons. The predicted octanol–water partition coefficient (Wildman–Crippen LogP) is 13.3. The molecule has 1 heterocycles. The Morgan fingerprint density at radius 2 is 0.942 bits per heavy atom. The fraction of sp³-hybridized carbons (Fsp3) is 0.0588. The molecule has 0 fully saturated rings. The summed E-state index contributed by atoms with van der Waals surface area (Å²) in [6.45, 7) is 6.26. The molecule has 0 N–H and O–H groups in total. The van der Waals surface area contributed by atoms with Crippen LogP contribution in [0.5, 0.6) is 0 Å². The standard InChI is InChI=1S/C51H34S/c1-3-16-38-39-30-29-32(31-48(39)52-47(38)4-2)33-21-15-28-46-49(33)51(42-24-11-7-19-36(42)37-20-8-12-25-43(37)51)45-27-14-13-26-44(45)50(46)40-22-9-5-17-34(40)35-18-6-10-23-41(35)50/h3-31H,2H2,1H3/b16-3-. The largest absolute Gasteiger partial charge is 0.135 e. The van der Waals surface area contributed by atoms with Crippen LogP contribution in [0.1, 0.15) is 61.9 Å². The highest BCUT2D eigenvalue weighted by Crippen LogP contribution is 2.68. The number of hydrogen-bond donors (Lipinski definition) is 0. The highest BCUT2D eigenvalue weighted by molar-refractivity contribution is 7.20. The zero-order valence-electron chi connectivity index (χ0n) is 28.9. The Hall–Kier alpha value is -6.02. The fourth-order valence-corrected chi connectivity index (χ4v) is 11.4. The number of thiophene rings is 1. The monoisotopic (exact) mass is 678 g/mol. The minimum atomic E-state index is -0.528. The van der Waals surface area contributed by atoms with Crippen LogP contribution in [0.25, 0.3) is 55.6 Å². The first-order chi connectivity index (χ1) is 25.7. The molecule has 2 spiro atoms. The molecule has 0 saturated heterocycles. The van der Waals surface area contributed by atoms with Crippen molar-refractivity contribution in [1.82, 2.24) is 0 Å². The Bertz CT molecular complexity index is 2750. The van der Waals surface area contributed by atoms with Crippen molar-refractivity contribution in [2.75, 3.05) is 0 Å². The molecule has 0 amide bonds. The van der Waals surface area contributed by atoms with Crippen molar-refractivity contribution in [3.63, 3.8) is 0 Å². The lowest BCUT2D eigenvalue weighted by Crippen LogP contribution is -2.44. The van der Waals surface area contributed by atoms with Crippen molar-refractivity contribution in [3.05, 3.63) is 225 Å². The van der Waals surface area contributed by atoms with Gasteiger partial charge in [0.25, 0.3) is 0 Å². The van der Waals surface area contributed by atoms with Gasteiger partial charge in [-0.1, -0.05) is 176 Å². The second kappa shape index (κ2) is 10.7.